The van der Waals surface area contributed by atoms with Crippen molar-refractivity contribution in [3.63, 3.8) is 0 Å². The number of nitrogens with one attached hydrogen (secondary N) is 2. The fraction of sp³-hybridized carbons (Fsp3) is 0.375. The summed E-state index contributed by atoms with van der Waals surface area (Å²) in [7, 11) is 1.68. The first-order valence-electron chi connectivity index (χ1n) is 7.17. The average Bonchev–Trinajstić information content (AvgIpc) is 3.18. The van der Waals surface area contributed by atoms with Gasteiger partial charge in [-0.2, -0.15) is 0 Å². The quantitative estimate of drug-likeness (QED) is 0.895. The second kappa shape index (κ2) is 5.69. The van der Waals surface area contributed by atoms with E-state index in [1.807, 2.05) is 36.4 Å². The lowest BCUT2D eigenvalue weighted by atomic mass is 9.81. The number of amides is 1. The first-order valence-corrected chi connectivity index (χ1v) is 7.17. The molecule has 1 amide bonds. The van der Waals surface area contributed by atoms with E-state index in [9.17, 15) is 4.79 Å². The Labute approximate surface area is 123 Å². The predicted octanol–water partition coefficient (Wildman–Crippen LogP) is 1.61. The Bertz CT molecular complexity index is 615. The highest BCUT2D eigenvalue weighted by Crippen LogP contribution is 2.31. The van der Waals surface area contributed by atoms with Gasteiger partial charge in [0, 0.05) is 31.6 Å². The van der Waals surface area contributed by atoms with Gasteiger partial charge < -0.3 is 15.2 Å². The van der Waals surface area contributed by atoms with E-state index in [1.54, 1.807) is 7.05 Å². The second-order valence-electron chi connectivity index (χ2n) is 5.51. The molecule has 0 aliphatic carbocycles. The summed E-state index contributed by atoms with van der Waals surface area (Å²) in [6, 6.07) is 11.8. The zero-order valence-corrected chi connectivity index (χ0v) is 12.1. The van der Waals surface area contributed by atoms with Crippen LogP contribution < -0.4 is 10.6 Å². The van der Waals surface area contributed by atoms with Crippen LogP contribution in [0.2, 0.25) is 0 Å². The maximum Gasteiger partial charge on any atom is 0.227 e. The summed E-state index contributed by atoms with van der Waals surface area (Å²) in [6.07, 6.45) is 1.38. The van der Waals surface area contributed by atoms with E-state index in [4.69, 9.17) is 4.52 Å². The van der Waals surface area contributed by atoms with Crippen LogP contribution in [0.1, 0.15) is 12.2 Å². The van der Waals surface area contributed by atoms with Gasteiger partial charge in [-0.25, -0.2) is 0 Å². The molecule has 1 aromatic carbocycles. The normalized spacial score (nSPS) is 21.4. The molecule has 0 bridgehead atoms. The fourth-order valence-electron chi connectivity index (χ4n) is 2.91. The molecule has 21 heavy (non-hydrogen) atoms. The summed E-state index contributed by atoms with van der Waals surface area (Å²) in [6.45, 7) is 1.53. The molecule has 1 aliphatic rings. The van der Waals surface area contributed by atoms with Crippen LogP contribution in [0.3, 0.4) is 0 Å². The molecular weight excluding hydrogens is 266 g/mol. The number of aromatic nitrogens is 1. The number of hydrogen-bond donors (Lipinski definition) is 2. The lowest BCUT2D eigenvalue weighted by Crippen LogP contribution is -2.42. The minimum atomic E-state index is -0.428. The van der Waals surface area contributed by atoms with E-state index in [-0.39, 0.29) is 5.91 Å². The Morgan fingerprint density at radius 1 is 1.43 bits per heavy atom. The molecule has 1 atom stereocenters. The molecule has 2 heterocycles. The summed E-state index contributed by atoms with van der Waals surface area (Å²) in [4.78, 5) is 12.2. The van der Waals surface area contributed by atoms with Crippen molar-refractivity contribution in [2.45, 2.75) is 12.8 Å². The van der Waals surface area contributed by atoms with Crippen molar-refractivity contribution in [1.82, 2.24) is 15.8 Å². The highest BCUT2D eigenvalue weighted by Gasteiger charge is 2.41. The van der Waals surface area contributed by atoms with Crippen LogP contribution in [0, 0.1) is 5.41 Å². The van der Waals surface area contributed by atoms with Gasteiger partial charge in [0.25, 0.3) is 0 Å². The molecule has 5 heteroatoms. The maximum absolute atomic E-state index is 12.2. The molecule has 1 aromatic heterocycles. The van der Waals surface area contributed by atoms with Crippen molar-refractivity contribution in [3.05, 3.63) is 42.2 Å². The molecule has 2 aromatic rings. The van der Waals surface area contributed by atoms with Gasteiger partial charge in [0.2, 0.25) is 5.91 Å². The number of benzene rings is 1. The van der Waals surface area contributed by atoms with Crippen molar-refractivity contribution < 1.29 is 9.32 Å². The van der Waals surface area contributed by atoms with E-state index < -0.39 is 5.41 Å². The molecule has 110 valence electrons. The van der Waals surface area contributed by atoms with Crippen molar-refractivity contribution in [2.24, 2.45) is 5.41 Å². The topological polar surface area (TPSA) is 67.2 Å². The van der Waals surface area contributed by atoms with Crippen LogP contribution in [0.25, 0.3) is 11.3 Å². The lowest BCUT2D eigenvalue weighted by molar-refractivity contribution is -0.129. The summed E-state index contributed by atoms with van der Waals surface area (Å²) in [5.74, 6) is 0.811. The first-order chi connectivity index (χ1) is 10.2. The smallest absolute Gasteiger partial charge is 0.227 e. The molecule has 0 saturated carbocycles. The predicted molar refractivity (Wildman–Crippen MR) is 79.6 cm³/mol. The van der Waals surface area contributed by atoms with Gasteiger partial charge in [-0.1, -0.05) is 35.5 Å². The SMILES string of the molecule is CNC(=O)[C@@]1(Cc2cc(-c3ccccc3)no2)CCNC1. The largest absolute Gasteiger partial charge is 0.361 e. The molecule has 0 radical (unpaired) electrons. The molecule has 1 aliphatic heterocycles. The van der Waals surface area contributed by atoms with E-state index in [0.717, 1.165) is 30.0 Å². The summed E-state index contributed by atoms with van der Waals surface area (Å²) in [5.41, 5.74) is 1.40. The number of nitrogens with zero attached hydrogens (tertiary/aromatic N) is 1. The van der Waals surface area contributed by atoms with Crippen LogP contribution in [0.15, 0.2) is 40.9 Å². The third kappa shape index (κ3) is 2.69. The molecular formula is C16H19N3O2. The Hall–Kier alpha value is -2.14. The van der Waals surface area contributed by atoms with Gasteiger partial charge in [-0.05, 0) is 13.0 Å². The maximum atomic E-state index is 12.2. The van der Waals surface area contributed by atoms with Gasteiger partial charge in [0.1, 0.15) is 11.5 Å². The third-order valence-corrected chi connectivity index (χ3v) is 4.09. The molecule has 0 spiro atoms. The van der Waals surface area contributed by atoms with E-state index in [1.165, 1.54) is 0 Å². The van der Waals surface area contributed by atoms with Crippen molar-refractivity contribution in [3.8, 4) is 11.3 Å². The van der Waals surface area contributed by atoms with E-state index in [2.05, 4.69) is 15.8 Å². The van der Waals surface area contributed by atoms with Crippen molar-refractivity contribution in [2.75, 3.05) is 20.1 Å². The second-order valence-corrected chi connectivity index (χ2v) is 5.51. The Kier molecular flexibility index (Phi) is 3.75. The van der Waals surface area contributed by atoms with Crippen molar-refractivity contribution >= 4 is 5.91 Å². The van der Waals surface area contributed by atoms with Gasteiger partial charge in [0.05, 0.1) is 5.41 Å². The van der Waals surface area contributed by atoms with Gasteiger partial charge in [-0.15, -0.1) is 0 Å². The summed E-state index contributed by atoms with van der Waals surface area (Å²) < 4.78 is 5.44. The summed E-state index contributed by atoms with van der Waals surface area (Å²) in [5, 5.41) is 10.1. The zero-order chi connectivity index (χ0) is 14.7. The number of carbonyl (C=O) groups excluding carboxylic acids is 1. The first kappa shape index (κ1) is 13.8. The number of carbonyl (C=O) groups is 1. The highest BCUT2D eigenvalue weighted by molar-refractivity contribution is 5.83. The molecule has 3 rings (SSSR count). The van der Waals surface area contributed by atoms with Crippen LogP contribution in [0.5, 0.6) is 0 Å². The number of rotatable bonds is 4. The fourth-order valence-corrected chi connectivity index (χ4v) is 2.91. The third-order valence-electron chi connectivity index (χ3n) is 4.09. The zero-order valence-electron chi connectivity index (χ0n) is 12.1. The molecule has 1 fully saturated rings. The van der Waals surface area contributed by atoms with E-state index >= 15 is 0 Å². The van der Waals surface area contributed by atoms with Gasteiger partial charge in [0.15, 0.2) is 0 Å². The van der Waals surface area contributed by atoms with Crippen LogP contribution in [-0.4, -0.2) is 31.2 Å². The monoisotopic (exact) mass is 285 g/mol. The van der Waals surface area contributed by atoms with E-state index in [0.29, 0.717) is 13.0 Å². The molecule has 0 unspecified atom stereocenters. The van der Waals surface area contributed by atoms with Crippen LogP contribution in [0.4, 0.5) is 0 Å². The Morgan fingerprint density at radius 2 is 2.24 bits per heavy atom. The van der Waals surface area contributed by atoms with Crippen LogP contribution >= 0.6 is 0 Å². The Morgan fingerprint density at radius 3 is 2.90 bits per heavy atom. The summed E-state index contributed by atoms with van der Waals surface area (Å²) >= 11 is 0. The highest BCUT2D eigenvalue weighted by atomic mass is 16.5. The Balaban J connectivity index is 1.82. The molecule has 1 saturated heterocycles. The molecule has 5 nitrogen and oxygen atoms in total. The average molecular weight is 285 g/mol. The lowest BCUT2D eigenvalue weighted by Gasteiger charge is -2.24. The number of hydrogen-bond acceptors (Lipinski definition) is 4. The minimum absolute atomic E-state index is 0.0603. The molecule has 2 N–H and O–H groups in total. The van der Waals surface area contributed by atoms with Crippen LogP contribution in [-0.2, 0) is 11.2 Å². The minimum Gasteiger partial charge on any atom is -0.361 e. The van der Waals surface area contributed by atoms with Crippen molar-refractivity contribution in [1.29, 1.82) is 0 Å². The van der Waals surface area contributed by atoms with Gasteiger partial charge >= 0.3 is 0 Å². The van der Waals surface area contributed by atoms with Gasteiger partial charge in [-0.3, -0.25) is 4.79 Å². The standard InChI is InChI=1S/C16H19N3O2/c1-17-15(20)16(7-8-18-11-16)10-13-9-14(19-21-13)12-5-3-2-4-6-12/h2-6,9,18H,7-8,10-11H2,1H3,(H,17,20)/t16-/m1/s1.